The van der Waals surface area contributed by atoms with Crippen molar-refractivity contribution < 1.29 is 14.7 Å². The SMILES string of the molecule is O=C(/C=C/c1ccc(NCc2cc3nc(-c4cccc5[nH]ncc45)nc(N4CCOCC4)c3s2)nc1)NO. The second kappa shape index (κ2) is 10.5. The van der Waals surface area contributed by atoms with Crippen LogP contribution in [0.15, 0.2) is 54.9 Å². The standard InChI is InChI=1S/C26H24N8O3S/c35-23(33-36)7-5-16-4-6-22(27-13-16)28-14-17-12-21-24(38-17)26(34-8-10-37-11-9-34)31-25(30-21)18-2-1-3-20-19(18)15-29-32-20/h1-7,12-13,15,36H,8-11,14H2,(H,27,28)(H,29,32)(H,33,35)/b7-5+. The first-order valence-electron chi connectivity index (χ1n) is 12.1. The van der Waals surface area contributed by atoms with E-state index >= 15 is 0 Å². The summed E-state index contributed by atoms with van der Waals surface area (Å²) in [5, 5.41) is 20.1. The van der Waals surface area contributed by atoms with Gasteiger partial charge in [0.1, 0.15) is 5.82 Å². The third kappa shape index (κ3) is 4.92. The van der Waals surface area contributed by atoms with E-state index in [1.54, 1.807) is 29.1 Å². The van der Waals surface area contributed by atoms with Gasteiger partial charge in [0.25, 0.3) is 5.91 Å². The van der Waals surface area contributed by atoms with Crippen LogP contribution in [0, 0.1) is 0 Å². The third-order valence-corrected chi connectivity index (χ3v) is 7.33. The Morgan fingerprint density at radius 2 is 2.08 bits per heavy atom. The predicted octanol–water partition coefficient (Wildman–Crippen LogP) is 3.60. The van der Waals surface area contributed by atoms with Gasteiger partial charge in [-0.1, -0.05) is 12.1 Å². The Morgan fingerprint density at radius 3 is 2.89 bits per heavy atom. The van der Waals surface area contributed by atoms with Crippen molar-refractivity contribution in [3.63, 3.8) is 0 Å². The molecule has 1 aliphatic heterocycles. The van der Waals surface area contributed by atoms with E-state index < -0.39 is 5.91 Å². The zero-order valence-corrected chi connectivity index (χ0v) is 21.0. The summed E-state index contributed by atoms with van der Waals surface area (Å²) in [6, 6.07) is 11.8. The second-order valence-corrected chi connectivity index (χ2v) is 9.81. The van der Waals surface area contributed by atoms with Crippen molar-refractivity contribution in [3.8, 4) is 11.4 Å². The molecule has 1 saturated heterocycles. The molecule has 4 aromatic heterocycles. The lowest BCUT2D eigenvalue weighted by molar-refractivity contribution is -0.124. The number of nitrogens with zero attached hydrogens (tertiary/aromatic N) is 5. The highest BCUT2D eigenvalue weighted by Gasteiger charge is 2.21. The molecule has 5 heterocycles. The van der Waals surface area contributed by atoms with E-state index in [9.17, 15) is 4.79 Å². The summed E-state index contributed by atoms with van der Waals surface area (Å²) in [6.45, 7) is 3.46. The number of benzene rings is 1. The number of nitrogens with one attached hydrogen (secondary N) is 3. The van der Waals surface area contributed by atoms with Gasteiger partial charge in [-0.2, -0.15) is 5.10 Å². The summed E-state index contributed by atoms with van der Waals surface area (Å²) in [5.74, 6) is 1.70. The molecule has 38 heavy (non-hydrogen) atoms. The average molecular weight is 529 g/mol. The molecule has 4 N–H and O–H groups in total. The summed E-state index contributed by atoms with van der Waals surface area (Å²) in [4.78, 5) is 28.9. The van der Waals surface area contributed by atoms with Crippen molar-refractivity contribution in [2.45, 2.75) is 6.54 Å². The van der Waals surface area contributed by atoms with E-state index in [1.165, 1.54) is 6.08 Å². The largest absolute Gasteiger partial charge is 0.378 e. The Morgan fingerprint density at radius 1 is 1.18 bits per heavy atom. The highest BCUT2D eigenvalue weighted by Crippen LogP contribution is 2.36. The van der Waals surface area contributed by atoms with Crippen LogP contribution in [0.2, 0.25) is 0 Å². The van der Waals surface area contributed by atoms with Crippen LogP contribution in [0.25, 0.3) is 38.6 Å². The van der Waals surface area contributed by atoms with E-state index in [4.69, 9.17) is 19.9 Å². The fourth-order valence-electron chi connectivity index (χ4n) is 4.32. The number of aromatic nitrogens is 5. The Kier molecular flexibility index (Phi) is 6.65. The molecule has 5 aromatic rings. The monoisotopic (exact) mass is 528 g/mol. The molecule has 0 bridgehead atoms. The number of morpholine rings is 1. The molecule has 0 unspecified atom stereocenters. The summed E-state index contributed by atoms with van der Waals surface area (Å²) in [6.07, 6.45) is 6.27. The Hall–Kier alpha value is -4.39. The summed E-state index contributed by atoms with van der Waals surface area (Å²) < 4.78 is 6.63. The minimum Gasteiger partial charge on any atom is -0.378 e. The van der Waals surface area contributed by atoms with E-state index in [0.717, 1.165) is 56.0 Å². The topological polar surface area (TPSA) is 141 Å². The number of carbonyl (C=O) groups is 1. The number of hydrogen-bond donors (Lipinski definition) is 4. The van der Waals surface area contributed by atoms with Crippen LogP contribution in [0.3, 0.4) is 0 Å². The molecule has 1 fully saturated rings. The smallest absolute Gasteiger partial charge is 0.267 e. The fourth-order valence-corrected chi connectivity index (χ4v) is 5.37. The average Bonchev–Trinajstić information content (AvgIpc) is 3.62. The molecule has 0 spiro atoms. The van der Waals surface area contributed by atoms with Crippen molar-refractivity contribution in [2.24, 2.45) is 0 Å². The number of thiophene rings is 1. The number of aromatic amines is 1. The van der Waals surface area contributed by atoms with Gasteiger partial charge in [0.05, 0.1) is 41.7 Å². The number of fused-ring (bicyclic) bond motifs is 2. The Labute approximate surface area is 221 Å². The van der Waals surface area contributed by atoms with Gasteiger partial charge >= 0.3 is 0 Å². The molecule has 0 radical (unpaired) electrons. The quantitative estimate of drug-likeness (QED) is 0.142. The number of rotatable bonds is 7. The lowest BCUT2D eigenvalue weighted by atomic mass is 10.1. The maximum atomic E-state index is 11.2. The number of anilines is 2. The summed E-state index contributed by atoms with van der Waals surface area (Å²) in [5.41, 5.74) is 5.08. The molecule has 0 aliphatic carbocycles. The van der Waals surface area contributed by atoms with Crippen LogP contribution in [-0.2, 0) is 16.1 Å². The lowest BCUT2D eigenvalue weighted by Crippen LogP contribution is -2.36. The maximum Gasteiger partial charge on any atom is 0.267 e. The molecule has 0 saturated carbocycles. The van der Waals surface area contributed by atoms with Crippen LogP contribution in [0.1, 0.15) is 10.4 Å². The van der Waals surface area contributed by atoms with Gasteiger partial charge in [0.2, 0.25) is 0 Å². The molecule has 1 aromatic carbocycles. The number of H-pyrrole nitrogens is 1. The number of hydrogen-bond acceptors (Lipinski definition) is 10. The number of hydroxylamine groups is 1. The van der Waals surface area contributed by atoms with Gasteiger partial charge in [-0.3, -0.25) is 15.1 Å². The first-order valence-corrected chi connectivity index (χ1v) is 12.9. The minimum atomic E-state index is -0.596. The first-order chi connectivity index (χ1) is 18.7. The van der Waals surface area contributed by atoms with Crippen molar-refractivity contribution in [1.29, 1.82) is 0 Å². The van der Waals surface area contributed by atoms with Gasteiger partial charge < -0.3 is 15.0 Å². The molecular formula is C26H24N8O3S. The molecule has 1 amide bonds. The zero-order valence-electron chi connectivity index (χ0n) is 20.2. The second-order valence-electron chi connectivity index (χ2n) is 8.67. The van der Waals surface area contributed by atoms with Crippen LogP contribution in [-0.4, -0.2) is 62.6 Å². The van der Waals surface area contributed by atoms with Crippen molar-refractivity contribution in [3.05, 3.63) is 65.3 Å². The van der Waals surface area contributed by atoms with Crippen LogP contribution < -0.4 is 15.7 Å². The van der Waals surface area contributed by atoms with Gasteiger partial charge in [-0.25, -0.2) is 20.4 Å². The van der Waals surface area contributed by atoms with Crippen LogP contribution in [0.4, 0.5) is 11.6 Å². The maximum absolute atomic E-state index is 11.2. The van der Waals surface area contributed by atoms with Gasteiger partial charge in [0.15, 0.2) is 11.6 Å². The Balaban J connectivity index is 1.29. The molecule has 6 rings (SSSR count). The van der Waals surface area contributed by atoms with E-state index in [2.05, 4.69) is 31.5 Å². The highest BCUT2D eigenvalue weighted by atomic mass is 32.1. The van der Waals surface area contributed by atoms with Gasteiger partial charge in [0, 0.05) is 41.2 Å². The number of pyridine rings is 1. The van der Waals surface area contributed by atoms with Crippen molar-refractivity contribution in [2.75, 3.05) is 36.5 Å². The van der Waals surface area contributed by atoms with Crippen molar-refractivity contribution >= 4 is 56.1 Å². The van der Waals surface area contributed by atoms with E-state index in [0.29, 0.717) is 31.4 Å². The molecule has 12 heteroatoms. The molecular weight excluding hydrogens is 504 g/mol. The lowest BCUT2D eigenvalue weighted by Gasteiger charge is -2.28. The third-order valence-electron chi connectivity index (χ3n) is 6.21. The molecule has 11 nitrogen and oxygen atoms in total. The summed E-state index contributed by atoms with van der Waals surface area (Å²) >= 11 is 1.67. The summed E-state index contributed by atoms with van der Waals surface area (Å²) in [7, 11) is 0. The minimum absolute atomic E-state index is 0.575. The van der Waals surface area contributed by atoms with Gasteiger partial charge in [-0.15, -0.1) is 11.3 Å². The van der Waals surface area contributed by atoms with Gasteiger partial charge in [-0.05, 0) is 35.9 Å². The van der Waals surface area contributed by atoms with E-state index in [1.807, 2.05) is 36.5 Å². The first kappa shape index (κ1) is 24.0. The highest BCUT2D eigenvalue weighted by molar-refractivity contribution is 7.19. The van der Waals surface area contributed by atoms with E-state index in [-0.39, 0.29) is 0 Å². The van der Waals surface area contributed by atoms with Crippen LogP contribution in [0.5, 0.6) is 0 Å². The Bertz CT molecular complexity index is 1620. The molecule has 192 valence electrons. The van der Waals surface area contributed by atoms with Crippen molar-refractivity contribution in [1.82, 2.24) is 30.6 Å². The number of carbonyl (C=O) groups excluding carboxylic acids is 1. The fraction of sp³-hybridized carbons (Fsp3) is 0.192. The molecule has 1 aliphatic rings. The predicted molar refractivity (Wildman–Crippen MR) is 146 cm³/mol. The molecule has 0 atom stereocenters. The number of ether oxygens (including phenoxy) is 1. The van der Waals surface area contributed by atoms with Crippen LogP contribution >= 0.6 is 11.3 Å². The number of amides is 1. The normalized spacial score (nSPS) is 14.0. The zero-order chi connectivity index (χ0) is 25.9.